The Hall–Kier alpha value is -2.95. The molecule has 1 aliphatic rings. The van der Waals surface area contributed by atoms with Gasteiger partial charge >= 0.3 is 5.97 Å². The molecule has 4 rings (SSSR count). The molecule has 4 heteroatoms. The second-order valence-corrected chi connectivity index (χ2v) is 6.98. The minimum absolute atomic E-state index is 0.0542. The Labute approximate surface area is 164 Å². The van der Waals surface area contributed by atoms with E-state index in [2.05, 4.69) is 24.3 Å². The predicted molar refractivity (Wildman–Crippen MR) is 109 cm³/mol. The number of rotatable bonds is 7. The Bertz CT molecular complexity index is 909. The molecule has 28 heavy (non-hydrogen) atoms. The van der Waals surface area contributed by atoms with E-state index in [0.29, 0.717) is 19.6 Å². The minimum atomic E-state index is -0.392. The van der Waals surface area contributed by atoms with Crippen LogP contribution in [0.25, 0.3) is 11.1 Å². The molecule has 0 saturated carbocycles. The van der Waals surface area contributed by atoms with Gasteiger partial charge in [-0.3, -0.25) is 4.79 Å². The molecule has 4 nitrogen and oxygen atoms in total. The van der Waals surface area contributed by atoms with Crippen molar-refractivity contribution in [3.8, 4) is 11.1 Å². The van der Waals surface area contributed by atoms with Gasteiger partial charge < -0.3 is 9.57 Å². The van der Waals surface area contributed by atoms with Crippen molar-refractivity contribution in [2.75, 3.05) is 13.2 Å². The maximum Gasteiger partial charge on any atom is 0.313 e. The smallest absolute Gasteiger partial charge is 0.313 e. The Morgan fingerprint density at radius 3 is 2.04 bits per heavy atom. The van der Waals surface area contributed by atoms with E-state index in [1.165, 1.54) is 22.3 Å². The van der Waals surface area contributed by atoms with Crippen molar-refractivity contribution >= 4 is 5.97 Å². The Morgan fingerprint density at radius 1 is 0.857 bits per heavy atom. The van der Waals surface area contributed by atoms with E-state index in [1.54, 1.807) is 0 Å². The highest BCUT2D eigenvalue weighted by Gasteiger charge is 2.30. The third-order valence-electron chi connectivity index (χ3n) is 5.37. The van der Waals surface area contributed by atoms with Gasteiger partial charge in [0.2, 0.25) is 0 Å². The van der Waals surface area contributed by atoms with Crippen molar-refractivity contribution in [1.29, 1.82) is 0 Å². The molecule has 0 unspecified atom stereocenters. The Morgan fingerprint density at radius 2 is 1.43 bits per heavy atom. The van der Waals surface area contributed by atoms with Crippen molar-refractivity contribution < 1.29 is 14.4 Å². The molecule has 0 spiro atoms. The van der Waals surface area contributed by atoms with Gasteiger partial charge in [0.15, 0.2) is 0 Å². The van der Waals surface area contributed by atoms with Crippen LogP contribution in [0, 0.1) is 0 Å². The van der Waals surface area contributed by atoms with Gasteiger partial charge in [0.1, 0.15) is 6.61 Å². The average Bonchev–Trinajstić information content (AvgIpc) is 3.07. The van der Waals surface area contributed by atoms with Crippen LogP contribution < -0.4 is 5.90 Å². The molecular formula is C24H23NO3. The zero-order valence-corrected chi connectivity index (χ0v) is 15.6. The number of esters is 1. The van der Waals surface area contributed by atoms with Crippen molar-refractivity contribution in [1.82, 2.24) is 0 Å². The maximum atomic E-state index is 12.9. The van der Waals surface area contributed by atoms with E-state index >= 15 is 0 Å². The van der Waals surface area contributed by atoms with Crippen LogP contribution in [-0.2, 0) is 14.4 Å². The fourth-order valence-corrected chi connectivity index (χ4v) is 4.00. The number of fused-ring (bicyclic) bond motifs is 3. The van der Waals surface area contributed by atoms with Gasteiger partial charge in [-0.2, -0.15) is 0 Å². The molecule has 0 radical (unpaired) electrons. The lowest BCUT2D eigenvalue weighted by molar-refractivity contribution is -0.146. The maximum absolute atomic E-state index is 12.9. The predicted octanol–water partition coefficient (Wildman–Crippen LogP) is 4.41. The van der Waals surface area contributed by atoms with Crippen molar-refractivity contribution in [3.63, 3.8) is 0 Å². The molecule has 0 saturated heterocycles. The summed E-state index contributed by atoms with van der Waals surface area (Å²) in [5, 5.41) is 0. The van der Waals surface area contributed by atoms with Crippen molar-refractivity contribution in [3.05, 3.63) is 95.6 Å². The topological polar surface area (TPSA) is 61.5 Å². The van der Waals surface area contributed by atoms with Crippen molar-refractivity contribution in [2.45, 2.75) is 18.3 Å². The summed E-state index contributed by atoms with van der Waals surface area (Å²) < 4.78 is 5.82. The fourth-order valence-electron chi connectivity index (χ4n) is 4.00. The monoisotopic (exact) mass is 373 g/mol. The first-order valence-corrected chi connectivity index (χ1v) is 9.51. The van der Waals surface area contributed by atoms with Gasteiger partial charge in [-0.25, -0.2) is 5.90 Å². The first kappa shape index (κ1) is 18.4. The molecule has 1 aliphatic carbocycles. The van der Waals surface area contributed by atoms with Crippen LogP contribution in [0.2, 0.25) is 0 Å². The zero-order valence-electron chi connectivity index (χ0n) is 15.6. The molecule has 0 amide bonds. The summed E-state index contributed by atoms with van der Waals surface area (Å²) in [7, 11) is 0. The van der Waals surface area contributed by atoms with Crippen LogP contribution in [-0.4, -0.2) is 19.2 Å². The van der Waals surface area contributed by atoms with E-state index in [9.17, 15) is 4.79 Å². The highest BCUT2D eigenvalue weighted by atomic mass is 16.6. The van der Waals surface area contributed by atoms with Crippen LogP contribution in [0.4, 0.5) is 0 Å². The number of carbonyl (C=O) groups excluding carboxylic acids is 1. The van der Waals surface area contributed by atoms with E-state index in [0.717, 1.165) is 5.56 Å². The van der Waals surface area contributed by atoms with Gasteiger partial charge in [-0.05, 0) is 34.2 Å². The van der Waals surface area contributed by atoms with Crippen LogP contribution >= 0.6 is 0 Å². The number of hydrogen-bond acceptors (Lipinski definition) is 4. The third-order valence-corrected chi connectivity index (χ3v) is 5.37. The number of carbonyl (C=O) groups is 1. The van der Waals surface area contributed by atoms with Crippen LogP contribution in [0.5, 0.6) is 0 Å². The molecule has 0 fully saturated rings. The molecule has 0 bridgehead atoms. The Balaban J connectivity index is 1.54. The first-order valence-electron chi connectivity index (χ1n) is 9.51. The summed E-state index contributed by atoms with van der Waals surface area (Å²) in [6.45, 7) is 0.615. The number of ether oxygens (including phenoxy) is 1. The van der Waals surface area contributed by atoms with Gasteiger partial charge in [0, 0.05) is 5.92 Å². The largest absolute Gasteiger partial charge is 0.464 e. The standard InChI is InChI=1S/C24H23NO3/c25-28-15-14-18(17-8-2-1-3-9-17)24(26)27-16-23-21-12-6-4-10-19(21)20-11-5-7-13-22(20)23/h1-13,18,23H,14-16,25H2/t18-/m0/s1. The normalized spacial score (nSPS) is 13.6. The molecular weight excluding hydrogens is 350 g/mol. The van der Waals surface area contributed by atoms with Crippen LogP contribution in [0.15, 0.2) is 78.9 Å². The fraction of sp³-hybridized carbons (Fsp3) is 0.208. The zero-order chi connectivity index (χ0) is 19.3. The van der Waals surface area contributed by atoms with Crippen molar-refractivity contribution in [2.24, 2.45) is 5.90 Å². The lowest BCUT2D eigenvalue weighted by atomic mass is 9.95. The second-order valence-electron chi connectivity index (χ2n) is 6.98. The Kier molecular flexibility index (Phi) is 5.51. The highest BCUT2D eigenvalue weighted by Crippen LogP contribution is 2.44. The number of hydrogen-bond donors (Lipinski definition) is 1. The lowest BCUT2D eigenvalue weighted by Crippen LogP contribution is -2.21. The summed E-state index contributed by atoms with van der Waals surface area (Å²) in [4.78, 5) is 17.6. The third kappa shape index (κ3) is 3.57. The lowest BCUT2D eigenvalue weighted by Gasteiger charge is -2.19. The van der Waals surface area contributed by atoms with E-state index < -0.39 is 5.92 Å². The van der Waals surface area contributed by atoms with Gasteiger partial charge in [0.25, 0.3) is 0 Å². The number of benzene rings is 3. The summed E-state index contributed by atoms with van der Waals surface area (Å²) in [6.07, 6.45) is 0.483. The molecule has 3 aromatic carbocycles. The summed E-state index contributed by atoms with van der Waals surface area (Å²) >= 11 is 0. The summed E-state index contributed by atoms with van der Waals surface area (Å²) in [6, 6.07) is 26.3. The van der Waals surface area contributed by atoms with Crippen LogP contribution in [0.3, 0.4) is 0 Å². The minimum Gasteiger partial charge on any atom is -0.464 e. The average molecular weight is 373 g/mol. The van der Waals surface area contributed by atoms with Gasteiger partial charge in [0.05, 0.1) is 12.5 Å². The molecule has 0 aliphatic heterocycles. The molecule has 0 heterocycles. The molecule has 0 aromatic heterocycles. The number of nitrogens with two attached hydrogens (primary N) is 1. The van der Waals surface area contributed by atoms with E-state index in [1.807, 2.05) is 54.6 Å². The highest BCUT2D eigenvalue weighted by molar-refractivity contribution is 5.80. The molecule has 1 atom stereocenters. The molecule has 142 valence electrons. The summed E-state index contributed by atoms with van der Waals surface area (Å²) in [5.41, 5.74) is 5.76. The van der Waals surface area contributed by atoms with E-state index in [-0.39, 0.29) is 11.9 Å². The molecule has 3 aromatic rings. The van der Waals surface area contributed by atoms with Gasteiger partial charge in [-0.15, -0.1) is 0 Å². The van der Waals surface area contributed by atoms with E-state index in [4.69, 9.17) is 15.5 Å². The SMILES string of the molecule is NOCC[C@H](C(=O)OCC1c2ccccc2-c2ccccc21)c1ccccc1. The summed E-state index contributed by atoms with van der Waals surface area (Å²) in [5.74, 6) is 4.60. The second kappa shape index (κ2) is 8.38. The van der Waals surface area contributed by atoms with Crippen LogP contribution in [0.1, 0.15) is 34.9 Å². The molecule has 2 N–H and O–H groups in total. The quantitative estimate of drug-likeness (QED) is 0.492. The first-order chi connectivity index (χ1) is 13.8. The van der Waals surface area contributed by atoms with Gasteiger partial charge in [-0.1, -0.05) is 78.9 Å².